The fraction of sp³-hybridized carbons (Fsp3) is 1.00. The van der Waals surface area contributed by atoms with Crippen LogP contribution < -0.4 is 4.89 Å². The predicted octanol–water partition coefficient (Wildman–Crippen LogP) is 2.14. The van der Waals surface area contributed by atoms with Crippen molar-refractivity contribution in [3.63, 3.8) is 0 Å². The van der Waals surface area contributed by atoms with Gasteiger partial charge in [-0.2, -0.15) is 0 Å². The minimum atomic E-state index is -2.73. The molecule has 1 unspecified atom stereocenters. The molecule has 0 spiro atoms. The maximum atomic E-state index is 11.3. The van der Waals surface area contributed by atoms with E-state index in [1.165, 1.54) is 11.4 Å². The van der Waals surface area contributed by atoms with Gasteiger partial charge in [-0.15, -0.1) is 11.4 Å². The molecule has 0 saturated carbocycles. The zero-order valence-corrected chi connectivity index (χ0v) is 11.9. The van der Waals surface area contributed by atoms with Crippen LogP contribution in [0.5, 0.6) is 0 Å². The Balaban J connectivity index is 0. The Morgan fingerprint density at radius 1 is 1.42 bits per heavy atom. The van der Waals surface area contributed by atoms with Gasteiger partial charge in [0.05, 0.1) is 6.61 Å². The summed E-state index contributed by atoms with van der Waals surface area (Å²) in [7, 11) is 0. The normalized spacial score (nSPS) is 14.9. The van der Waals surface area contributed by atoms with E-state index in [-0.39, 0.29) is 21.1 Å². The molecule has 0 aromatic rings. The summed E-state index contributed by atoms with van der Waals surface area (Å²) in [6.07, 6.45) is 1.86. The van der Waals surface area contributed by atoms with Crippen LogP contribution in [0.4, 0.5) is 0 Å². The molecule has 2 nitrogen and oxygen atoms in total. The van der Waals surface area contributed by atoms with Gasteiger partial charge in [-0.25, -0.2) is 0 Å². The maximum absolute atomic E-state index is 11.3. The van der Waals surface area contributed by atoms with E-state index < -0.39 is 5.69 Å². The largest absolute Gasteiger partial charge is 0.793 e. The van der Waals surface area contributed by atoms with Crippen LogP contribution in [0.25, 0.3) is 0 Å². The standard InChI is InChI=1S/C6H15O2PS2.Mo/c1-3-5-8-9(7,10)11-6-4-2;/h3-6H2,1-2H3,(H,7,10);/p-1. The third kappa shape index (κ3) is 9.69. The maximum Gasteiger partial charge on any atom is 0.0511 e. The van der Waals surface area contributed by atoms with E-state index in [4.69, 9.17) is 16.3 Å². The van der Waals surface area contributed by atoms with Crippen molar-refractivity contribution in [1.82, 2.24) is 0 Å². The Morgan fingerprint density at radius 2 is 2.00 bits per heavy atom. The van der Waals surface area contributed by atoms with Gasteiger partial charge in [0, 0.05) is 26.8 Å². The van der Waals surface area contributed by atoms with Gasteiger partial charge in [0.2, 0.25) is 0 Å². The van der Waals surface area contributed by atoms with Crippen LogP contribution in [0.1, 0.15) is 26.7 Å². The molecule has 0 aliphatic heterocycles. The Morgan fingerprint density at radius 3 is 2.42 bits per heavy atom. The summed E-state index contributed by atoms with van der Waals surface area (Å²) < 4.78 is 5.01. The molecule has 0 radical (unpaired) electrons. The van der Waals surface area contributed by atoms with Gasteiger partial charge in [0.1, 0.15) is 0 Å². The van der Waals surface area contributed by atoms with Crippen molar-refractivity contribution in [3.05, 3.63) is 0 Å². The van der Waals surface area contributed by atoms with Gasteiger partial charge in [-0.3, -0.25) is 0 Å². The fourth-order valence-electron chi connectivity index (χ4n) is 0.443. The second-order valence-corrected chi connectivity index (χ2v) is 8.29. The molecular formula is C6H14MoO2PS2-. The molecule has 0 amide bonds. The van der Waals surface area contributed by atoms with Crippen LogP contribution in [0, 0.1) is 0 Å². The van der Waals surface area contributed by atoms with Crippen molar-refractivity contribution in [2.24, 2.45) is 0 Å². The first-order valence-electron chi connectivity index (χ1n) is 3.72. The van der Waals surface area contributed by atoms with E-state index in [1.54, 1.807) is 0 Å². The molecule has 0 aromatic carbocycles. The molecular weight excluding hydrogens is 295 g/mol. The number of hydrogen-bond donors (Lipinski definition) is 0. The zero-order valence-electron chi connectivity index (χ0n) is 7.32. The van der Waals surface area contributed by atoms with Gasteiger partial charge in [0.15, 0.2) is 0 Å². The first-order valence-corrected chi connectivity index (χ1v) is 7.95. The first-order chi connectivity index (χ1) is 5.12. The second kappa shape index (κ2) is 9.17. The van der Waals surface area contributed by atoms with Crippen LogP contribution in [-0.2, 0) is 37.4 Å². The third-order valence-electron chi connectivity index (χ3n) is 0.907. The summed E-state index contributed by atoms with van der Waals surface area (Å²) in [6.45, 7) is 4.51. The Kier molecular flexibility index (Phi) is 12.3. The Labute approximate surface area is 98.0 Å². The van der Waals surface area contributed by atoms with Gasteiger partial charge in [-0.1, -0.05) is 25.7 Å². The Bertz CT molecular complexity index is 134. The van der Waals surface area contributed by atoms with Crippen molar-refractivity contribution < 1.29 is 30.5 Å². The van der Waals surface area contributed by atoms with Crippen molar-refractivity contribution >= 4 is 28.9 Å². The van der Waals surface area contributed by atoms with E-state index in [0.717, 1.165) is 18.6 Å². The summed E-state index contributed by atoms with van der Waals surface area (Å²) in [6, 6.07) is 0. The summed E-state index contributed by atoms with van der Waals surface area (Å²) in [4.78, 5) is 11.3. The Hall–Kier alpha value is 1.61. The van der Waals surface area contributed by atoms with Gasteiger partial charge in [-0.05, 0) is 18.6 Å². The molecule has 0 rings (SSSR count). The van der Waals surface area contributed by atoms with E-state index >= 15 is 0 Å². The smallest absolute Gasteiger partial charge is 0.0511 e. The number of hydrogen-bond acceptors (Lipinski definition) is 4. The predicted molar refractivity (Wildman–Crippen MR) is 53.3 cm³/mol. The van der Waals surface area contributed by atoms with Crippen LogP contribution in [0.3, 0.4) is 0 Å². The molecule has 0 saturated heterocycles. The molecule has 74 valence electrons. The molecule has 0 N–H and O–H groups in total. The topological polar surface area (TPSA) is 32.3 Å². The molecule has 6 heteroatoms. The van der Waals surface area contributed by atoms with Crippen LogP contribution in [0.15, 0.2) is 0 Å². The second-order valence-electron chi connectivity index (χ2n) is 2.11. The molecule has 1 atom stereocenters. The minimum absolute atomic E-state index is 0. The molecule has 0 fully saturated rings. The van der Waals surface area contributed by atoms with E-state index in [2.05, 4.69) is 0 Å². The molecule has 0 aliphatic rings. The van der Waals surface area contributed by atoms with Crippen molar-refractivity contribution in [2.45, 2.75) is 26.7 Å². The SMILES string of the molecule is CCCOP([O-])(=S)SCCC.[Mo]. The first kappa shape index (κ1) is 16.1. The van der Waals surface area contributed by atoms with Gasteiger partial charge < -0.3 is 9.42 Å². The summed E-state index contributed by atoms with van der Waals surface area (Å²) >= 11 is 6.04. The van der Waals surface area contributed by atoms with Crippen LogP contribution in [-0.4, -0.2) is 12.4 Å². The molecule has 12 heavy (non-hydrogen) atoms. The zero-order chi connectivity index (χ0) is 8.74. The minimum Gasteiger partial charge on any atom is -0.793 e. The van der Waals surface area contributed by atoms with Crippen molar-refractivity contribution in [1.29, 1.82) is 0 Å². The summed E-state index contributed by atoms with van der Waals surface area (Å²) in [5.41, 5.74) is -2.73. The quantitative estimate of drug-likeness (QED) is 0.556. The average Bonchev–Trinajstić information content (AvgIpc) is 1.97. The van der Waals surface area contributed by atoms with Crippen molar-refractivity contribution in [3.8, 4) is 0 Å². The van der Waals surface area contributed by atoms with Crippen molar-refractivity contribution in [2.75, 3.05) is 12.4 Å². The van der Waals surface area contributed by atoms with E-state index in [9.17, 15) is 4.89 Å². The fourth-order valence-corrected chi connectivity index (χ4v) is 3.89. The molecule has 0 aliphatic carbocycles. The monoisotopic (exact) mass is 311 g/mol. The van der Waals surface area contributed by atoms with E-state index in [0.29, 0.717) is 6.61 Å². The van der Waals surface area contributed by atoms with Crippen LogP contribution in [0.2, 0.25) is 0 Å². The van der Waals surface area contributed by atoms with Crippen LogP contribution >= 0.6 is 17.1 Å². The average molecular weight is 309 g/mol. The number of rotatable bonds is 6. The molecule has 0 heterocycles. The van der Waals surface area contributed by atoms with Gasteiger partial charge in [0.25, 0.3) is 0 Å². The molecule has 0 aromatic heterocycles. The van der Waals surface area contributed by atoms with Gasteiger partial charge >= 0.3 is 0 Å². The summed E-state index contributed by atoms with van der Waals surface area (Å²) in [5.74, 6) is 0.824. The summed E-state index contributed by atoms with van der Waals surface area (Å²) in [5, 5.41) is 0. The molecule has 0 bridgehead atoms. The van der Waals surface area contributed by atoms with E-state index in [1.807, 2.05) is 13.8 Å². The third-order valence-corrected chi connectivity index (χ3v) is 5.39.